The first-order valence-electron chi connectivity index (χ1n) is 12.0. The topological polar surface area (TPSA) is 88.5 Å². The Labute approximate surface area is 228 Å². The number of carbonyl (C=O) groups excluding carboxylic acids is 1. The van der Waals surface area contributed by atoms with Crippen molar-refractivity contribution < 1.29 is 23.8 Å². The van der Waals surface area contributed by atoms with Crippen LogP contribution in [0.25, 0.3) is 21.6 Å². The molecule has 1 saturated carbocycles. The van der Waals surface area contributed by atoms with Gasteiger partial charge in [0.1, 0.15) is 11.9 Å². The number of aromatic nitrogens is 1. The van der Waals surface area contributed by atoms with E-state index in [1.807, 2.05) is 18.2 Å². The number of carboxylic acid groups (broad SMARTS) is 1. The van der Waals surface area contributed by atoms with Crippen molar-refractivity contribution >= 4 is 40.9 Å². The summed E-state index contributed by atoms with van der Waals surface area (Å²) in [5, 5.41) is 12.7. The number of carboxylic acids is 1. The van der Waals surface area contributed by atoms with E-state index in [4.69, 9.17) is 16.3 Å². The van der Waals surface area contributed by atoms with E-state index in [1.165, 1.54) is 6.07 Å². The van der Waals surface area contributed by atoms with Gasteiger partial charge in [-0.15, -0.1) is 0 Å². The maximum absolute atomic E-state index is 15.4. The normalized spacial score (nSPS) is 14.5. The lowest BCUT2D eigenvalue weighted by atomic mass is 9.93. The van der Waals surface area contributed by atoms with Gasteiger partial charge in [-0.05, 0) is 73.1 Å². The molecule has 0 aliphatic heterocycles. The Morgan fingerprint density at radius 1 is 1.11 bits per heavy atom. The van der Waals surface area contributed by atoms with Crippen molar-refractivity contribution in [3.05, 3.63) is 94.4 Å². The maximum atomic E-state index is 15.4. The lowest BCUT2D eigenvalue weighted by Crippen LogP contribution is -2.19. The Morgan fingerprint density at radius 3 is 2.42 bits per heavy atom. The summed E-state index contributed by atoms with van der Waals surface area (Å²) in [6.07, 6.45) is -0.0369. The van der Waals surface area contributed by atoms with Crippen LogP contribution in [-0.2, 0) is 14.9 Å². The zero-order chi connectivity index (χ0) is 27.0. The molecule has 0 saturated heterocycles. The smallest absolute Gasteiger partial charge is 0.412 e. The van der Waals surface area contributed by atoms with Gasteiger partial charge < -0.3 is 9.84 Å². The van der Waals surface area contributed by atoms with Crippen molar-refractivity contribution in [1.82, 2.24) is 4.37 Å². The molecule has 0 spiro atoms. The molecule has 4 aromatic rings. The summed E-state index contributed by atoms with van der Waals surface area (Å²) in [6, 6.07) is 19.2. The number of nitrogens with zero attached hydrogens (tertiary/aromatic N) is 1. The van der Waals surface area contributed by atoms with E-state index < -0.39 is 29.4 Å². The van der Waals surface area contributed by atoms with Gasteiger partial charge in [0.05, 0.1) is 21.7 Å². The van der Waals surface area contributed by atoms with Crippen molar-refractivity contribution in [2.75, 3.05) is 5.32 Å². The number of hydrogen-bond donors (Lipinski definition) is 2. The van der Waals surface area contributed by atoms with E-state index in [-0.39, 0.29) is 0 Å². The molecular formula is C29H24ClFN2O4S. The van der Waals surface area contributed by atoms with Gasteiger partial charge in [-0.3, -0.25) is 10.1 Å². The third-order valence-electron chi connectivity index (χ3n) is 6.86. The highest BCUT2D eigenvalue weighted by Gasteiger charge is 2.51. The molecule has 1 heterocycles. The summed E-state index contributed by atoms with van der Waals surface area (Å²) < 4.78 is 25.2. The van der Waals surface area contributed by atoms with E-state index in [1.54, 1.807) is 56.3 Å². The third-order valence-corrected chi connectivity index (χ3v) is 8.18. The van der Waals surface area contributed by atoms with Crippen LogP contribution in [0.4, 0.5) is 14.9 Å². The number of aliphatic carboxylic acids is 1. The summed E-state index contributed by atoms with van der Waals surface area (Å²) in [4.78, 5) is 24.7. The molecule has 1 aliphatic carbocycles. The van der Waals surface area contributed by atoms with Gasteiger partial charge in [0, 0.05) is 16.1 Å². The predicted molar refractivity (Wildman–Crippen MR) is 146 cm³/mol. The Bertz CT molecular complexity index is 1530. The molecule has 9 heteroatoms. The zero-order valence-corrected chi connectivity index (χ0v) is 22.2. The number of aryl methyl sites for hydroxylation is 1. The fourth-order valence-corrected chi connectivity index (χ4v) is 5.64. The second-order valence-corrected chi connectivity index (χ2v) is 10.5. The lowest BCUT2D eigenvalue weighted by molar-refractivity contribution is -0.140. The van der Waals surface area contributed by atoms with E-state index in [0.29, 0.717) is 50.8 Å². The van der Waals surface area contributed by atoms with Crippen molar-refractivity contribution in [3.63, 3.8) is 0 Å². The van der Waals surface area contributed by atoms with Crippen LogP contribution in [0.5, 0.6) is 0 Å². The minimum absolute atomic E-state index is 0.299. The minimum atomic E-state index is -0.813. The van der Waals surface area contributed by atoms with Gasteiger partial charge in [-0.1, -0.05) is 60.1 Å². The average molecular weight is 551 g/mol. The number of hydrogen-bond acceptors (Lipinski definition) is 5. The number of anilines is 1. The van der Waals surface area contributed by atoms with Crippen molar-refractivity contribution in [2.45, 2.75) is 38.2 Å². The number of nitrogens with one attached hydrogen (secondary N) is 1. The maximum Gasteiger partial charge on any atom is 0.412 e. The Morgan fingerprint density at radius 2 is 1.79 bits per heavy atom. The molecule has 38 heavy (non-hydrogen) atoms. The van der Waals surface area contributed by atoms with Crippen LogP contribution in [0, 0.1) is 12.7 Å². The van der Waals surface area contributed by atoms with Gasteiger partial charge in [0.2, 0.25) is 0 Å². The van der Waals surface area contributed by atoms with E-state index >= 15 is 4.39 Å². The number of amides is 1. The van der Waals surface area contributed by atoms with E-state index in [2.05, 4.69) is 9.69 Å². The second-order valence-electron chi connectivity index (χ2n) is 9.33. The van der Waals surface area contributed by atoms with Crippen LogP contribution in [-0.4, -0.2) is 21.5 Å². The monoisotopic (exact) mass is 550 g/mol. The number of rotatable bonds is 7. The molecule has 1 atom stereocenters. The molecular weight excluding hydrogens is 527 g/mol. The van der Waals surface area contributed by atoms with Crippen LogP contribution < -0.4 is 5.32 Å². The molecule has 1 fully saturated rings. The highest BCUT2D eigenvalue weighted by atomic mass is 35.5. The molecule has 3 aromatic carbocycles. The standard InChI is InChI=1S/C29H24ClFN2O4S/c1-16-25(32-28(36)37-17(2)21-5-3-4-6-23(21)30)26(38-33-16)22-12-9-19(15-24(22)31)18-7-10-20(11-8-18)29(13-14-29)27(34)35/h3-12,15,17H,13-14H2,1-2H3,(H,32,36)(H,34,35)/t17-/m1/s1. The molecule has 6 nitrogen and oxygen atoms in total. The molecule has 0 unspecified atom stereocenters. The minimum Gasteiger partial charge on any atom is -0.481 e. The summed E-state index contributed by atoms with van der Waals surface area (Å²) in [6.45, 7) is 3.45. The number of halogens is 2. The van der Waals surface area contributed by atoms with Crippen molar-refractivity contribution in [1.29, 1.82) is 0 Å². The van der Waals surface area contributed by atoms with Gasteiger partial charge in [-0.25, -0.2) is 9.18 Å². The van der Waals surface area contributed by atoms with Crippen LogP contribution in [0.3, 0.4) is 0 Å². The number of ether oxygens (including phenoxy) is 1. The summed E-state index contributed by atoms with van der Waals surface area (Å²) in [7, 11) is 0. The zero-order valence-electron chi connectivity index (χ0n) is 20.6. The molecule has 1 amide bonds. The second kappa shape index (κ2) is 10.2. The first kappa shape index (κ1) is 25.9. The molecule has 2 N–H and O–H groups in total. The number of benzene rings is 3. The Hall–Kier alpha value is -3.75. The molecule has 194 valence electrons. The first-order valence-corrected chi connectivity index (χ1v) is 13.2. The lowest BCUT2D eigenvalue weighted by Gasteiger charge is -2.16. The largest absolute Gasteiger partial charge is 0.481 e. The highest BCUT2D eigenvalue weighted by Crippen LogP contribution is 2.48. The van der Waals surface area contributed by atoms with Crippen LogP contribution >= 0.6 is 23.1 Å². The SMILES string of the molecule is Cc1nsc(-c2ccc(-c3ccc(C4(C(=O)O)CC4)cc3)cc2F)c1NC(=O)O[C@H](C)c1ccccc1Cl. The van der Waals surface area contributed by atoms with E-state index in [0.717, 1.165) is 22.7 Å². The number of carbonyl (C=O) groups is 2. The fraction of sp³-hybridized carbons (Fsp3) is 0.207. The quantitative estimate of drug-likeness (QED) is 0.243. The highest BCUT2D eigenvalue weighted by molar-refractivity contribution is 7.10. The van der Waals surface area contributed by atoms with E-state index in [9.17, 15) is 14.7 Å². The average Bonchev–Trinajstić information content (AvgIpc) is 3.64. The molecule has 5 rings (SSSR count). The van der Waals surface area contributed by atoms with Crippen LogP contribution in [0.1, 0.15) is 42.7 Å². The van der Waals surface area contributed by atoms with Crippen molar-refractivity contribution in [3.8, 4) is 21.6 Å². The molecule has 0 radical (unpaired) electrons. The van der Waals surface area contributed by atoms with Gasteiger partial charge in [-0.2, -0.15) is 4.37 Å². The molecule has 1 aromatic heterocycles. The molecule has 1 aliphatic rings. The Balaban J connectivity index is 1.34. The fourth-order valence-electron chi connectivity index (χ4n) is 4.47. The predicted octanol–water partition coefficient (Wildman–Crippen LogP) is 8.00. The van der Waals surface area contributed by atoms with Gasteiger partial charge >= 0.3 is 12.1 Å². The summed E-state index contributed by atoms with van der Waals surface area (Å²) >= 11 is 7.29. The van der Waals surface area contributed by atoms with Crippen molar-refractivity contribution in [2.24, 2.45) is 0 Å². The van der Waals surface area contributed by atoms with Gasteiger partial charge in [0.25, 0.3) is 0 Å². The summed E-state index contributed by atoms with van der Waals surface area (Å²) in [5.41, 5.74) is 3.30. The van der Waals surface area contributed by atoms with Gasteiger partial charge in [0.15, 0.2) is 0 Å². The third kappa shape index (κ3) is 4.89. The Kier molecular flexibility index (Phi) is 6.94. The molecule has 0 bridgehead atoms. The summed E-state index contributed by atoms with van der Waals surface area (Å²) in [5.74, 6) is -1.28. The van der Waals surface area contributed by atoms with Crippen LogP contribution in [0.15, 0.2) is 66.7 Å². The van der Waals surface area contributed by atoms with Crippen LogP contribution in [0.2, 0.25) is 5.02 Å². The first-order chi connectivity index (χ1) is 18.2.